The molecule has 1 aliphatic heterocycles. The molecule has 2 aromatic rings. The highest BCUT2D eigenvalue weighted by atomic mass is 16.7. The van der Waals surface area contributed by atoms with E-state index in [0.29, 0.717) is 17.2 Å². The van der Waals surface area contributed by atoms with Crippen molar-refractivity contribution in [3.63, 3.8) is 0 Å². The van der Waals surface area contributed by atoms with Gasteiger partial charge in [0.05, 0.1) is 11.9 Å². The van der Waals surface area contributed by atoms with Crippen molar-refractivity contribution in [1.82, 2.24) is 15.0 Å². The van der Waals surface area contributed by atoms with Gasteiger partial charge in [0.2, 0.25) is 6.79 Å². The van der Waals surface area contributed by atoms with Crippen molar-refractivity contribution in [3.05, 3.63) is 35.7 Å². The number of rotatable bonds is 4. The maximum Gasteiger partial charge on any atom is 0.231 e. The summed E-state index contributed by atoms with van der Waals surface area (Å²) < 4.78 is 12.3. The fourth-order valence-electron chi connectivity index (χ4n) is 2.12. The Labute approximate surface area is 110 Å². The van der Waals surface area contributed by atoms with E-state index in [1.54, 1.807) is 23.0 Å². The van der Waals surface area contributed by atoms with Crippen molar-refractivity contribution in [2.45, 2.75) is 26.0 Å². The lowest BCUT2D eigenvalue weighted by molar-refractivity contribution is 0.173. The van der Waals surface area contributed by atoms with Crippen molar-refractivity contribution in [2.75, 3.05) is 6.79 Å². The van der Waals surface area contributed by atoms with Gasteiger partial charge in [0.25, 0.3) is 0 Å². The largest absolute Gasteiger partial charge is 0.454 e. The number of hydrogen-bond donors (Lipinski definition) is 1. The number of benzene rings is 1. The van der Waals surface area contributed by atoms with Crippen molar-refractivity contribution in [3.8, 4) is 11.5 Å². The Kier molecular flexibility index (Phi) is 3.08. The molecule has 0 fully saturated rings. The number of aryl methyl sites for hydroxylation is 1. The van der Waals surface area contributed by atoms with E-state index in [0.717, 1.165) is 18.5 Å². The van der Waals surface area contributed by atoms with E-state index < -0.39 is 6.10 Å². The van der Waals surface area contributed by atoms with Gasteiger partial charge in [0.15, 0.2) is 11.5 Å². The first kappa shape index (κ1) is 12.0. The SMILES string of the molecule is CCCn1nncc1C(O)c1ccc2c(c1)OCO2. The first-order valence-corrected chi connectivity index (χ1v) is 6.25. The average molecular weight is 261 g/mol. The molecule has 0 saturated carbocycles. The van der Waals surface area contributed by atoms with E-state index in [4.69, 9.17) is 9.47 Å². The van der Waals surface area contributed by atoms with Gasteiger partial charge in [0, 0.05) is 6.54 Å². The van der Waals surface area contributed by atoms with Gasteiger partial charge in [-0.15, -0.1) is 5.10 Å². The van der Waals surface area contributed by atoms with Crippen molar-refractivity contribution in [2.24, 2.45) is 0 Å². The standard InChI is InChI=1S/C13H15N3O3/c1-2-5-16-10(7-14-15-16)13(17)9-3-4-11-12(6-9)19-8-18-11/h3-4,6-7,13,17H,2,5,8H2,1H3. The lowest BCUT2D eigenvalue weighted by atomic mass is 10.1. The average Bonchev–Trinajstić information content (AvgIpc) is 3.05. The molecule has 0 amide bonds. The number of hydrogen-bond acceptors (Lipinski definition) is 5. The van der Waals surface area contributed by atoms with E-state index in [1.807, 2.05) is 6.07 Å². The van der Waals surface area contributed by atoms with Crippen LogP contribution in [0.25, 0.3) is 0 Å². The number of aromatic nitrogens is 3. The van der Waals surface area contributed by atoms with Crippen LogP contribution in [0, 0.1) is 0 Å². The number of nitrogens with zero attached hydrogens (tertiary/aromatic N) is 3. The maximum atomic E-state index is 10.4. The molecule has 3 rings (SSSR count). The highest BCUT2D eigenvalue weighted by Crippen LogP contribution is 2.35. The molecule has 1 aliphatic rings. The summed E-state index contributed by atoms with van der Waals surface area (Å²) in [5.41, 5.74) is 1.42. The van der Waals surface area contributed by atoms with Crippen LogP contribution in [0.15, 0.2) is 24.4 Å². The molecule has 0 bridgehead atoms. The molecular formula is C13H15N3O3. The van der Waals surface area contributed by atoms with Gasteiger partial charge in [-0.05, 0) is 24.1 Å². The van der Waals surface area contributed by atoms with E-state index in [2.05, 4.69) is 17.2 Å². The Balaban J connectivity index is 1.90. The third kappa shape index (κ3) is 2.15. The molecule has 6 heteroatoms. The van der Waals surface area contributed by atoms with Crippen LogP contribution in [-0.4, -0.2) is 26.9 Å². The number of ether oxygens (including phenoxy) is 2. The minimum absolute atomic E-state index is 0.226. The topological polar surface area (TPSA) is 69.4 Å². The van der Waals surface area contributed by atoms with Gasteiger partial charge < -0.3 is 14.6 Å². The zero-order valence-corrected chi connectivity index (χ0v) is 10.6. The van der Waals surface area contributed by atoms with E-state index in [1.165, 1.54) is 0 Å². The minimum Gasteiger partial charge on any atom is -0.454 e. The van der Waals surface area contributed by atoms with Gasteiger partial charge in [-0.3, -0.25) is 0 Å². The number of fused-ring (bicyclic) bond motifs is 1. The second-order valence-corrected chi connectivity index (χ2v) is 4.40. The highest BCUT2D eigenvalue weighted by molar-refractivity contribution is 5.46. The first-order chi connectivity index (χ1) is 9.29. The molecule has 19 heavy (non-hydrogen) atoms. The Morgan fingerprint density at radius 1 is 1.37 bits per heavy atom. The summed E-state index contributed by atoms with van der Waals surface area (Å²) >= 11 is 0. The first-order valence-electron chi connectivity index (χ1n) is 6.25. The van der Waals surface area contributed by atoms with Crippen molar-refractivity contribution in [1.29, 1.82) is 0 Å². The zero-order valence-electron chi connectivity index (χ0n) is 10.6. The number of aliphatic hydroxyl groups is 1. The summed E-state index contributed by atoms with van der Waals surface area (Å²) in [4.78, 5) is 0. The van der Waals surface area contributed by atoms with Crippen LogP contribution in [0.4, 0.5) is 0 Å². The van der Waals surface area contributed by atoms with Crippen LogP contribution in [-0.2, 0) is 6.54 Å². The highest BCUT2D eigenvalue weighted by Gasteiger charge is 2.20. The molecule has 1 N–H and O–H groups in total. The Morgan fingerprint density at radius 3 is 3.05 bits per heavy atom. The molecule has 100 valence electrons. The molecule has 0 spiro atoms. The molecule has 1 aromatic carbocycles. The predicted octanol–water partition coefficient (Wildman–Crippen LogP) is 1.50. The Hall–Kier alpha value is -2.08. The molecule has 0 radical (unpaired) electrons. The molecule has 6 nitrogen and oxygen atoms in total. The number of aliphatic hydroxyl groups excluding tert-OH is 1. The molecule has 1 aromatic heterocycles. The Bertz CT molecular complexity index is 582. The lowest BCUT2D eigenvalue weighted by Gasteiger charge is -2.12. The molecule has 2 heterocycles. The van der Waals surface area contributed by atoms with Gasteiger partial charge >= 0.3 is 0 Å². The van der Waals surface area contributed by atoms with Crippen LogP contribution < -0.4 is 9.47 Å². The monoisotopic (exact) mass is 261 g/mol. The van der Waals surface area contributed by atoms with E-state index >= 15 is 0 Å². The van der Waals surface area contributed by atoms with Crippen LogP contribution in [0.1, 0.15) is 30.7 Å². The molecule has 0 aliphatic carbocycles. The van der Waals surface area contributed by atoms with Gasteiger partial charge in [-0.25, -0.2) is 4.68 Å². The zero-order chi connectivity index (χ0) is 13.2. The summed E-state index contributed by atoms with van der Waals surface area (Å²) in [5.74, 6) is 1.36. The molecule has 1 atom stereocenters. The van der Waals surface area contributed by atoms with Crippen LogP contribution in [0.3, 0.4) is 0 Å². The molecule has 1 unspecified atom stereocenters. The van der Waals surface area contributed by atoms with Gasteiger partial charge in [-0.1, -0.05) is 18.2 Å². The third-order valence-electron chi connectivity index (χ3n) is 3.08. The molecular weight excluding hydrogens is 246 g/mol. The van der Waals surface area contributed by atoms with E-state index in [-0.39, 0.29) is 6.79 Å². The maximum absolute atomic E-state index is 10.4. The van der Waals surface area contributed by atoms with Gasteiger partial charge in [-0.2, -0.15) is 0 Å². The fraction of sp³-hybridized carbons (Fsp3) is 0.385. The fourth-order valence-corrected chi connectivity index (χ4v) is 2.12. The lowest BCUT2D eigenvalue weighted by Crippen LogP contribution is -2.10. The quantitative estimate of drug-likeness (QED) is 0.903. The van der Waals surface area contributed by atoms with Gasteiger partial charge in [0.1, 0.15) is 6.10 Å². The summed E-state index contributed by atoms with van der Waals surface area (Å²) in [6.07, 6.45) is 1.76. The summed E-state index contributed by atoms with van der Waals surface area (Å²) in [6.45, 7) is 3.01. The van der Waals surface area contributed by atoms with Crippen LogP contribution in [0.5, 0.6) is 11.5 Å². The second kappa shape index (κ2) is 4.89. The Morgan fingerprint density at radius 2 is 2.21 bits per heavy atom. The van der Waals surface area contributed by atoms with E-state index in [9.17, 15) is 5.11 Å². The smallest absolute Gasteiger partial charge is 0.231 e. The molecule has 0 saturated heterocycles. The van der Waals surface area contributed by atoms with Crippen molar-refractivity contribution < 1.29 is 14.6 Å². The minimum atomic E-state index is -0.768. The van der Waals surface area contributed by atoms with Crippen molar-refractivity contribution >= 4 is 0 Å². The summed E-state index contributed by atoms with van der Waals surface area (Å²) in [7, 11) is 0. The summed E-state index contributed by atoms with van der Waals surface area (Å²) in [6, 6.07) is 5.41. The third-order valence-corrected chi connectivity index (χ3v) is 3.08. The predicted molar refractivity (Wildman–Crippen MR) is 66.9 cm³/mol. The van der Waals surface area contributed by atoms with Crippen LogP contribution in [0.2, 0.25) is 0 Å². The van der Waals surface area contributed by atoms with Crippen LogP contribution >= 0.6 is 0 Å². The summed E-state index contributed by atoms with van der Waals surface area (Å²) in [5, 5.41) is 18.3. The second-order valence-electron chi connectivity index (χ2n) is 4.40. The normalized spacial score (nSPS) is 14.6.